The van der Waals surface area contributed by atoms with Crippen LogP contribution in [0.5, 0.6) is 0 Å². The van der Waals surface area contributed by atoms with Crippen molar-refractivity contribution in [3.63, 3.8) is 0 Å². The van der Waals surface area contributed by atoms with Crippen LogP contribution in [0.15, 0.2) is 43.1 Å². The number of hydrogen-bond acceptors (Lipinski definition) is 6. The first kappa shape index (κ1) is 20.9. The monoisotopic (exact) mass is 416 g/mol. The Morgan fingerprint density at radius 1 is 1.45 bits per heavy atom. The molecule has 0 aromatic carbocycles. The maximum absolute atomic E-state index is 12.2. The number of aliphatic hydroxyl groups excluding tert-OH is 1. The lowest BCUT2D eigenvalue weighted by Gasteiger charge is -2.38. The molecule has 0 spiro atoms. The molecule has 9 heteroatoms. The molecule has 2 N–H and O–H groups in total. The molecule has 3 heterocycles. The van der Waals surface area contributed by atoms with E-state index in [0.717, 1.165) is 5.56 Å². The summed E-state index contributed by atoms with van der Waals surface area (Å²) in [7, 11) is 1.53. The van der Waals surface area contributed by atoms with Crippen LogP contribution in [-0.2, 0) is 9.53 Å². The minimum Gasteiger partial charge on any atom is -0.394 e. The Bertz CT molecular complexity index is 936. The molecule has 1 fully saturated rings. The van der Waals surface area contributed by atoms with Crippen molar-refractivity contribution in [1.82, 2.24) is 20.2 Å². The first-order valence-electron chi connectivity index (χ1n) is 8.98. The Kier molecular flexibility index (Phi) is 6.58. The molecule has 2 amide bonds. The van der Waals surface area contributed by atoms with E-state index in [-0.39, 0.29) is 42.4 Å². The van der Waals surface area contributed by atoms with E-state index in [1.54, 1.807) is 24.3 Å². The second-order valence-electron chi connectivity index (χ2n) is 6.47. The van der Waals surface area contributed by atoms with E-state index in [1.165, 1.54) is 24.2 Å². The number of morpholine rings is 1. The number of hydrogen-bond donors (Lipinski definition) is 2. The average molecular weight is 417 g/mol. The van der Waals surface area contributed by atoms with Crippen LogP contribution in [0.2, 0.25) is 5.15 Å². The van der Waals surface area contributed by atoms with Gasteiger partial charge in [-0.3, -0.25) is 14.6 Å². The van der Waals surface area contributed by atoms with Crippen molar-refractivity contribution in [2.75, 3.05) is 26.8 Å². The quantitative estimate of drug-likeness (QED) is 0.566. The molecule has 0 bridgehead atoms. The van der Waals surface area contributed by atoms with E-state index in [2.05, 4.69) is 21.9 Å². The lowest BCUT2D eigenvalue weighted by Crippen LogP contribution is -2.50. The van der Waals surface area contributed by atoms with Gasteiger partial charge in [0, 0.05) is 18.8 Å². The third-order valence-corrected chi connectivity index (χ3v) is 4.86. The van der Waals surface area contributed by atoms with Crippen LogP contribution in [0.1, 0.15) is 22.2 Å². The molecule has 2 aromatic rings. The van der Waals surface area contributed by atoms with Gasteiger partial charge in [0.15, 0.2) is 0 Å². The van der Waals surface area contributed by atoms with E-state index in [9.17, 15) is 14.7 Å². The van der Waals surface area contributed by atoms with Crippen molar-refractivity contribution >= 4 is 23.4 Å². The number of halogens is 1. The number of aliphatic hydroxyl groups is 1. The minimum absolute atomic E-state index is 0.187. The van der Waals surface area contributed by atoms with E-state index in [0.29, 0.717) is 11.3 Å². The molecule has 0 saturated carbocycles. The standard InChI is InChI=1S/C20H21ClN4O4/c1-3-19(27)25-9-17(29-11-14(25)10-26)13-7-15(24-18(21)8-13)12-4-5-23-16(6-12)20(28)22-2/h3-8,14,17,26H,1,9-11H2,2H3,(H,22,28)/t14-,17-/m0/s1. The molecule has 1 saturated heterocycles. The van der Waals surface area contributed by atoms with Gasteiger partial charge in [-0.2, -0.15) is 0 Å². The first-order valence-corrected chi connectivity index (χ1v) is 9.36. The number of nitrogens with zero attached hydrogens (tertiary/aromatic N) is 3. The van der Waals surface area contributed by atoms with E-state index >= 15 is 0 Å². The number of nitrogens with one attached hydrogen (secondary N) is 1. The number of carbonyl (C=O) groups is 2. The lowest BCUT2D eigenvalue weighted by molar-refractivity contribution is -0.142. The van der Waals surface area contributed by atoms with Crippen molar-refractivity contribution in [3.8, 4) is 11.3 Å². The summed E-state index contributed by atoms with van der Waals surface area (Å²) in [5.74, 6) is -0.583. The van der Waals surface area contributed by atoms with Crippen LogP contribution in [0.4, 0.5) is 0 Å². The molecule has 2 aromatic heterocycles. The maximum atomic E-state index is 12.2. The summed E-state index contributed by atoms with van der Waals surface area (Å²) < 4.78 is 5.87. The number of rotatable bonds is 5. The molecule has 1 aliphatic heterocycles. The topological polar surface area (TPSA) is 105 Å². The summed E-state index contributed by atoms with van der Waals surface area (Å²) in [6.07, 6.45) is 2.30. The van der Waals surface area contributed by atoms with Gasteiger partial charge in [-0.25, -0.2) is 4.98 Å². The van der Waals surface area contributed by atoms with Gasteiger partial charge in [0.05, 0.1) is 31.5 Å². The van der Waals surface area contributed by atoms with Gasteiger partial charge < -0.3 is 20.1 Å². The predicted molar refractivity (Wildman–Crippen MR) is 107 cm³/mol. The molecule has 1 aliphatic rings. The van der Waals surface area contributed by atoms with E-state index in [1.807, 2.05) is 0 Å². The van der Waals surface area contributed by atoms with Crippen molar-refractivity contribution in [2.45, 2.75) is 12.1 Å². The van der Waals surface area contributed by atoms with Crippen LogP contribution < -0.4 is 5.32 Å². The fourth-order valence-corrected chi connectivity index (χ4v) is 3.35. The second kappa shape index (κ2) is 9.13. The highest BCUT2D eigenvalue weighted by Crippen LogP contribution is 2.30. The van der Waals surface area contributed by atoms with Crippen molar-refractivity contribution in [3.05, 3.63) is 59.5 Å². The number of carbonyl (C=O) groups excluding carboxylic acids is 2. The molecule has 0 radical (unpaired) electrons. The summed E-state index contributed by atoms with van der Waals surface area (Å²) in [4.78, 5) is 33.9. The van der Waals surface area contributed by atoms with Gasteiger partial charge in [0.1, 0.15) is 17.0 Å². The molecule has 152 valence electrons. The molecule has 8 nitrogen and oxygen atoms in total. The van der Waals surface area contributed by atoms with Crippen LogP contribution in [-0.4, -0.2) is 64.6 Å². The van der Waals surface area contributed by atoms with Crippen LogP contribution in [0.25, 0.3) is 11.3 Å². The molecule has 3 rings (SSSR count). The summed E-state index contributed by atoms with van der Waals surface area (Å²) in [5, 5.41) is 12.3. The number of pyridine rings is 2. The van der Waals surface area contributed by atoms with Gasteiger partial charge in [-0.05, 0) is 35.9 Å². The zero-order valence-corrected chi connectivity index (χ0v) is 16.6. The number of amides is 2. The molecule has 0 unspecified atom stereocenters. The molecule has 0 aliphatic carbocycles. The van der Waals surface area contributed by atoms with Crippen LogP contribution >= 0.6 is 11.6 Å². The summed E-state index contributed by atoms with van der Waals surface area (Å²) in [6.45, 7) is 3.75. The molecule has 2 atom stereocenters. The third kappa shape index (κ3) is 4.61. The SMILES string of the molecule is C=CC(=O)N1C[C@@H](c2cc(Cl)nc(-c3ccnc(C(=O)NC)c3)c2)OC[C@@H]1CO. The number of ether oxygens (including phenoxy) is 1. The van der Waals surface area contributed by atoms with Crippen LogP contribution in [0, 0.1) is 0 Å². The van der Waals surface area contributed by atoms with E-state index in [4.69, 9.17) is 16.3 Å². The fourth-order valence-electron chi connectivity index (χ4n) is 3.13. The Labute approximate surface area is 173 Å². The predicted octanol–water partition coefficient (Wildman–Crippen LogP) is 1.60. The van der Waals surface area contributed by atoms with Gasteiger partial charge in [-0.15, -0.1) is 0 Å². The average Bonchev–Trinajstić information content (AvgIpc) is 2.77. The van der Waals surface area contributed by atoms with Gasteiger partial charge in [-0.1, -0.05) is 18.2 Å². The van der Waals surface area contributed by atoms with Gasteiger partial charge >= 0.3 is 0 Å². The Morgan fingerprint density at radius 2 is 2.24 bits per heavy atom. The highest BCUT2D eigenvalue weighted by molar-refractivity contribution is 6.29. The van der Waals surface area contributed by atoms with Crippen LogP contribution in [0.3, 0.4) is 0 Å². The van der Waals surface area contributed by atoms with Gasteiger partial charge in [0.25, 0.3) is 5.91 Å². The Balaban J connectivity index is 1.92. The largest absolute Gasteiger partial charge is 0.394 e. The Morgan fingerprint density at radius 3 is 2.93 bits per heavy atom. The molecular weight excluding hydrogens is 396 g/mol. The third-order valence-electron chi connectivity index (χ3n) is 4.67. The van der Waals surface area contributed by atoms with Gasteiger partial charge in [0.2, 0.25) is 5.91 Å². The summed E-state index contributed by atoms with van der Waals surface area (Å²) in [5.41, 5.74) is 2.22. The lowest BCUT2D eigenvalue weighted by atomic mass is 10.0. The zero-order valence-electron chi connectivity index (χ0n) is 15.8. The maximum Gasteiger partial charge on any atom is 0.269 e. The Hall–Kier alpha value is -2.81. The summed E-state index contributed by atoms with van der Waals surface area (Å²) in [6, 6.07) is 6.40. The molecular formula is C20H21ClN4O4. The smallest absolute Gasteiger partial charge is 0.269 e. The second-order valence-corrected chi connectivity index (χ2v) is 6.86. The molecule has 29 heavy (non-hydrogen) atoms. The summed E-state index contributed by atoms with van der Waals surface area (Å²) >= 11 is 6.23. The first-order chi connectivity index (χ1) is 14.0. The highest BCUT2D eigenvalue weighted by atomic mass is 35.5. The van der Waals surface area contributed by atoms with Crippen molar-refractivity contribution in [1.29, 1.82) is 0 Å². The van der Waals surface area contributed by atoms with E-state index < -0.39 is 12.1 Å². The fraction of sp³-hybridized carbons (Fsp3) is 0.300. The number of aromatic nitrogens is 2. The van der Waals surface area contributed by atoms with Crippen molar-refractivity contribution < 1.29 is 19.4 Å². The minimum atomic E-state index is -0.443. The zero-order chi connectivity index (χ0) is 21.0. The van der Waals surface area contributed by atoms with Crippen molar-refractivity contribution in [2.24, 2.45) is 0 Å². The normalized spacial score (nSPS) is 18.9. The highest BCUT2D eigenvalue weighted by Gasteiger charge is 2.32.